The molecule has 4 N–H and O–H groups in total. The molecule has 1 aromatic carbocycles. The molecule has 0 radical (unpaired) electrons. The molecule has 0 aliphatic rings. The second-order valence-electron chi connectivity index (χ2n) is 4.54. The lowest BCUT2D eigenvalue weighted by Gasteiger charge is -2.20. The molecule has 0 saturated carbocycles. The van der Waals surface area contributed by atoms with E-state index in [-0.39, 0.29) is 18.8 Å². The topological polar surface area (TPSA) is 83.5 Å². The van der Waals surface area contributed by atoms with Crippen LogP contribution in [-0.2, 0) is 10.4 Å². The van der Waals surface area contributed by atoms with Crippen molar-refractivity contribution in [1.29, 1.82) is 0 Å². The molecule has 102 valence electrons. The van der Waals surface area contributed by atoms with Crippen LogP contribution in [0.1, 0.15) is 37.4 Å². The SMILES string of the molecule is CC(C)(O)c1cc(Br)cc(C(N)CC(=O)O)c1.Cl. The van der Waals surface area contributed by atoms with E-state index in [1.165, 1.54) is 0 Å². The molecule has 0 fully saturated rings. The predicted molar refractivity (Wildman–Crippen MR) is 75.8 cm³/mol. The predicted octanol–water partition coefficient (Wildman–Crippen LogP) is 2.57. The maximum atomic E-state index is 10.6. The van der Waals surface area contributed by atoms with Gasteiger partial charge in [-0.3, -0.25) is 4.79 Å². The van der Waals surface area contributed by atoms with Crippen LogP contribution in [-0.4, -0.2) is 16.2 Å². The third-order valence-corrected chi connectivity index (χ3v) is 2.91. The molecule has 0 heterocycles. The summed E-state index contributed by atoms with van der Waals surface area (Å²) in [5.74, 6) is -0.942. The molecule has 1 rings (SSSR count). The van der Waals surface area contributed by atoms with E-state index in [2.05, 4.69) is 15.9 Å². The maximum Gasteiger partial charge on any atom is 0.305 e. The van der Waals surface area contributed by atoms with Crippen molar-refractivity contribution in [1.82, 2.24) is 0 Å². The summed E-state index contributed by atoms with van der Waals surface area (Å²) < 4.78 is 0.771. The van der Waals surface area contributed by atoms with Gasteiger partial charge in [-0.25, -0.2) is 0 Å². The number of carboxylic acids is 1. The fourth-order valence-corrected chi connectivity index (χ4v) is 2.00. The lowest BCUT2D eigenvalue weighted by Crippen LogP contribution is -2.19. The second-order valence-corrected chi connectivity index (χ2v) is 5.45. The Morgan fingerprint density at radius 1 is 1.44 bits per heavy atom. The Morgan fingerprint density at radius 2 is 2.00 bits per heavy atom. The van der Waals surface area contributed by atoms with Crippen molar-refractivity contribution in [2.75, 3.05) is 0 Å². The largest absolute Gasteiger partial charge is 0.481 e. The van der Waals surface area contributed by atoms with Crippen LogP contribution in [0.4, 0.5) is 0 Å². The van der Waals surface area contributed by atoms with Gasteiger partial charge in [0.2, 0.25) is 0 Å². The summed E-state index contributed by atoms with van der Waals surface area (Å²) in [5.41, 5.74) is 6.20. The monoisotopic (exact) mass is 337 g/mol. The van der Waals surface area contributed by atoms with Gasteiger partial charge in [-0.1, -0.05) is 22.0 Å². The fourth-order valence-electron chi connectivity index (χ4n) is 1.49. The van der Waals surface area contributed by atoms with Crippen molar-refractivity contribution < 1.29 is 15.0 Å². The average Bonchev–Trinajstić information content (AvgIpc) is 2.14. The van der Waals surface area contributed by atoms with E-state index < -0.39 is 17.6 Å². The van der Waals surface area contributed by atoms with Gasteiger partial charge in [0.25, 0.3) is 0 Å². The van der Waals surface area contributed by atoms with Crippen molar-refractivity contribution in [2.24, 2.45) is 5.73 Å². The molecule has 0 aliphatic heterocycles. The molecule has 1 aromatic rings. The van der Waals surface area contributed by atoms with Gasteiger partial charge < -0.3 is 15.9 Å². The second kappa shape index (κ2) is 6.52. The van der Waals surface area contributed by atoms with E-state index in [0.717, 1.165) is 4.47 Å². The summed E-state index contributed by atoms with van der Waals surface area (Å²) in [5, 5.41) is 18.6. The zero-order valence-electron chi connectivity index (χ0n) is 10.2. The minimum atomic E-state index is -0.985. The molecule has 6 heteroatoms. The summed E-state index contributed by atoms with van der Waals surface area (Å²) in [7, 11) is 0. The van der Waals surface area contributed by atoms with Gasteiger partial charge in [0.05, 0.1) is 12.0 Å². The maximum absolute atomic E-state index is 10.6. The van der Waals surface area contributed by atoms with Crippen molar-refractivity contribution in [3.8, 4) is 0 Å². The Hall–Kier alpha value is -0.620. The number of hydrogen-bond donors (Lipinski definition) is 3. The summed E-state index contributed by atoms with van der Waals surface area (Å²) in [6.07, 6.45) is -0.137. The van der Waals surface area contributed by atoms with Crippen molar-refractivity contribution in [2.45, 2.75) is 31.9 Å². The minimum Gasteiger partial charge on any atom is -0.481 e. The number of aliphatic hydroxyl groups is 1. The van der Waals surface area contributed by atoms with E-state index >= 15 is 0 Å². The smallest absolute Gasteiger partial charge is 0.305 e. The number of carbonyl (C=O) groups is 1. The Labute approximate surface area is 121 Å². The number of hydrogen-bond acceptors (Lipinski definition) is 3. The number of rotatable bonds is 4. The van der Waals surface area contributed by atoms with Crippen LogP contribution in [0.25, 0.3) is 0 Å². The average molecular weight is 339 g/mol. The fraction of sp³-hybridized carbons (Fsp3) is 0.417. The normalized spacial score (nSPS) is 12.7. The zero-order chi connectivity index (χ0) is 13.2. The van der Waals surface area contributed by atoms with Gasteiger partial charge in [0.1, 0.15) is 0 Å². The molecular formula is C12H17BrClNO3. The summed E-state index contributed by atoms with van der Waals surface area (Å²) in [6, 6.07) is 4.71. The molecule has 0 spiro atoms. The molecule has 0 bridgehead atoms. The van der Waals surface area contributed by atoms with Gasteiger partial charge in [-0.2, -0.15) is 0 Å². The van der Waals surface area contributed by atoms with Gasteiger partial charge in [0.15, 0.2) is 0 Å². The molecule has 1 atom stereocenters. The molecule has 0 amide bonds. The van der Waals surface area contributed by atoms with Crippen LogP contribution in [0.5, 0.6) is 0 Å². The third-order valence-electron chi connectivity index (χ3n) is 2.45. The van der Waals surface area contributed by atoms with Gasteiger partial charge in [-0.05, 0) is 37.1 Å². The van der Waals surface area contributed by atoms with E-state index in [0.29, 0.717) is 11.1 Å². The molecule has 0 aromatic heterocycles. The molecule has 18 heavy (non-hydrogen) atoms. The minimum absolute atomic E-state index is 0. The van der Waals surface area contributed by atoms with E-state index in [1.807, 2.05) is 0 Å². The lowest BCUT2D eigenvalue weighted by atomic mass is 9.94. The zero-order valence-corrected chi connectivity index (χ0v) is 12.6. The quantitative estimate of drug-likeness (QED) is 0.788. The summed E-state index contributed by atoms with van der Waals surface area (Å²) in [4.78, 5) is 10.6. The lowest BCUT2D eigenvalue weighted by molar-refractivity contribution is -0.137. The van der Waals surface area contributed by atoms with E-state index in [1.54, 1.807) is 32.0 Å². The first kappa shape index (κ1) is 17.4. The highest BCUT2D eigenvalue weighted by molar-refractivity contribution is 9.10. The first-order valence-corrected chi connectivity index (χ1v) is 6.00. The first-order valence-electron chi connectivity index (χ1n) is 5.21. The molecular weight excluding hydrogens is 321 g/mol. The number of nitrogens with two attached hydrogens (primary N) is 1. The molecule has 1 unspecified atom stereocenters. The number of aliphatic carboxylic acids is 1. The molecule has 0 aliphatic carbocycles. The molecule has 0 saturated heterocycles. The highest BCUT2D eigenvalue weighted by Gasteiger charge is 2.19. The number of benzene rings is 1. The van der Waals surface area contributed by atoms with Crippen LogP contribution >= 0.6 is 28.3 Å². The van der Waals surface area contributed by atoms with E-state index in [4.69, 9.17) is 10.8 Å². The van der Waals surface area contributed by atoms with Crippen molar-refractivity contribution in [3.05, 3.63) is 33.8 Å². The van der Waals surface area contributed by atoms with Gasteiger partial charge in [0, 0.05) is 10.5 Å². The Morgan fingerprint density at radius 3 is 2.44 bits per heavy atom. The van der Waals surface area contributed by atoms with Crippen LogP contribution in [0.15, 0.2) is 22.7 Å². The van der Waals surface area contributed by atoms with E-state index in [9.17, 15) is 9.90 Å². The Kier molecular flexibility index (Phi) is 6.29. The summed E-state index contributed by atoms with van der Waals surface area (Å²) in [6.45, 7) is 3.34. The van der Waals surface area contributed by atoms with Gasteiger partial charge in [-0.15, -0.1) is 12.4 Å². The number of halogens is 2. The Balaban J connectivity index is 0.00000289. The Bertz CT molecular complexity index is 432. The standard InChI is InChI=1S/C12H16BrNO3.ClH/c1-12(2,17)8-3-7(4-9(13)5-8)10(14)6-11(15)16;/h3-5,10,17H,6,14H2,1-2H3,(H,15,16);1H. The highest BCUT2D eigenvalue weighted by atomic mass is 79.9. The first-order chi connectivity index (χ1) is 7.70. The third kappa shape index (κ3) is 4.94. The van der Waals surface area contributed by atoms with Crippen LogP contribution in [0.2, 0.25) is 0 Å². The molecule has 4 nitrogen and oxygen atoms in total. The summed E-state index contributed by atoms with van der Waals surface area (Å²) >= 11 is 3.33. The van der Waals surface area contributed by atoms with Crippen LogP contribution in [0, 0.1) is 0 Å². The van der Waals surface area contributed by atoms with Crippen LogP contribution < -0.4 is 5.73 Å². The van der Waals surface area contributed by atoms with Gasteiger partial charge >= 0.3 is 5.97 Å². The number of carboxylic acid groups (broad SMARTS) is 1. The highest BCUT2D eigenvalue weighted by Crippen LogP contribution is 2.27. The van der Waals surface area contributed by atoms with Crippen molar-refractivity contribution in [3.63, 3.8) is 0 Å². The van der Waals surface area contributed by atoms with Crippen LogP contribution in [0.3, 0.4) is 0 Å². The van der Waals surface area contributed by atoms with Crippen molar-refractivity contribution >= 4 is 34.3 Å².